The molecule has 0 atom stereocenters. The van der Waals surface area contributed by atoms with Crippen molar-refractivity contribution in [1.29, 1.82) is 0 Å². The van der Waals surface area contributed by atoms with E-state index >= 15 is 0 Å². The predicted molar refractivity (Wildman–Crippen MR) is 116 cm³/mol. The minimum absolute atomic E-state index is 0.108. The molecule has 1 N–H and O–H groups in total. The van der Waals surface area contributed by atoms with Crippen LogP contribution in [0.2, 0.25) is 0 Å². The number of nitrogens with zero attached hydrogens (tertiary/aromatic N) is 1. The first kappa shape index (κ1) is 23.1. The number of carbonyl (C=O) groups excluding carboxylic acids is 1. The summed E-state index contributed by atoms with van der Waals surface area (Å²) in [5.41, 5.74) is 1.29. The molecule has 0 fully saturated rings. The highest BCUT2D eigenvalue weighted by molar-refractivity contribution is 7.92. The number of anilines is 2. The molecule has 0 aliphatic rings. The van der Waals surface area contributed by atoms with Gasteiger partial charge in [-0.25, -0.2) is 12.8 Å². The van der Waals surface area contributed by atoms with Crippen molar-refractivity contribution in [2.75, 3.05) is 22.9 Å². The Morgan fingerprint density at radius 3 is 2.25 bits per heavy atom. The second-order valence-corrected chi connectivity index (χ2v) is 8.81. The van der Waals surface area contributed by atoms with E-state index in [9.17, 15) is 26.4 Å². The molecular formula is C22H19F3N2O4S. The minimum atomic E-state index is -3.68. The Morgan fingerprint density at radius 1 is 1.00 bits per heavy atom. The first-order chi connectivity index (χ1) is 15.1. The first-order valence-electron chi connectivity index (χ1n) is 9.25. The van der Waals surface area contributed by atoms with Crippen LogP contribution < -0.4 is 14.4 Å². The van der Waals surface area contributed by atoms with Crippen molar-refractivity contribution in [3.05, 3.63) is 78.1 Å². The van der Waals surface area contributed by atoms with Gasteiger partial charge < -0.3 is 10.1 Å². The number of rotatable bonds is 7. The zero-order chi connectivity index (χ0) is 23.5. The average molecular weight is 464 g/mol. The largest absolute Gasteiger partial charge is 0.434 e. The fourth-order valence-electron chi connectivity index (χ4n) is 2.95. The molecule has 0 spiro atoms. The van der Waals surface area contributed by atoms with Gasteiger partial charge in [-0.05, 0) is 47.5 Å². The third-order valence-electron chi connectivity index (χ3n) is 4.61. The van der Waals surface area contributed by atoms with E-state index in [0.717, 1.165) is 10.6 Å². The lowest BCUT2D eigenvalue weighted by Crippen LogP contribution is -2.26. The number of amides is 1. The minimum Gasteiger partial charge on any atom is -0.434 e. The van der Waals surface area contributed by atoms with E-state index in [1.54, 1.807) is 6.07 Å². The maximum atomic E-state index is 13.3. The lowest BCUT2D eigenvalue weighted by molar-refractivity contribution is -0.0501. The second kappa shape index (κ2) is 9.31. The van der Waals surface area contributed by atoms with E-state index in [2.05, 4.69) is 10.1 Å². The van der Waals surface area contributed by atoms with Crippen LogP contribution >= 0.6 is 0 Å². The van der Waals surface area contributed by atoms with E-state index in [1.807, 2.05) is 0 Å². The summed E-state index contributed by atoms with van der Waals surface area (Å²) in [6, 6.07) is 15.6. The topological polar surface area (TPSA) is 75.7 Å². The number of sulfonamides is 1. The van der Waals surface area contributed by atoms with Gasteiger partial charge in [0.05, 0.1) is 23.2 Å². The summed E-state index contributed by atoms with van der Waals surface area (Å²) in [4.78, 5) is 12.9. The number of para-hydroxylation sites is 1. The predicted octanol–water partition coefficient (Wildman–Crippen LogP) is 4.74. The summed E-state index contributed by atoms with van der Waals surface area (Å²) < 4.78 is 68.2. The molecule has 3 aromatic carbocycles. The highest BCUT2D eigenvalue weighted by Gasteiger charge is 2.21. The molecule has 3 rings (SSSR count). The third-order valence-corrected chi connectivity index (χ3v) is 5.80. The maximum absolute atomic E-state index is 13.3. The van der Waals surface area contributed by atoms with Crippen molar-refractivity contribution in [3.63, 3.8) is 0 Å². The number of hydrogen-bond donors (Lipinski definition) is 1. The third kappa shape index (κ3) is 5.38. The average Bonchev–Trinajstić information content (AvgIpc) is 2.73. The molecule has 0 saturated carbocycles. The molecule has 0 aromatic heterocycles. The smallest absolute Gasteiger partial charge is 0.387 e. The van der Waals surface area contributed by atoms with Gasteiger partial charge in [0.1, 0.15) is 11.6 Å². The Bertz CT molecular complexity index is 1230. The molecule has 6 nitrogen and oxygen atoms in total. The Hall–Kier alpha value is -3.53. The van der Waals surface area contributed by atoms with Gasteiger partial charge >= 0.3 is 6.61 Å². The molecule has 0 saturated heterocycles. The molecule has 168 valence electrons. The molecule has 0 heterocycles. The lowest BCUT2D eigenvalue weighted by Gasteiger charge is -2.22. The van der Waals surface area contributed by atoms with Crippen LogP contribution in [-0.2, 0) is 10.0 Å². The van der Waals surface area contributed by atoms with Gasteiger partial charge in [0.15, 0.2) is 0 Å². The zero-order valence-corrected chi connectivity index (χ0v) is 17.9. The second-order valence-electron chi connectivity index (χ2n) is 6.80. The summed E-state index contributed by atoms with van der Waals surface area (Å²) in [7, 11) is -2.37. The molecule has 10 heteroatoms. The van der Waals surface area contributed by atoms with Crippen LogP contribution in [-0.4, -0.2) is 34.2 Å². The number of carbonyl (C=O) groups is 1. The molecular weight excluding hydrogens is 445 g/mol. The molecule has 0 unspecified atom stereocenters. The number of alkyl halides is 2. The summed E-state index contributed by atoms with van der Waals surface area (Å²) in [5, 5.41) is 2.57. The van der Waals surface area contributed by atoms with E-state index in [0.29, 0.717) is 11.1 Å². The Balaban J connectivity index is 2.05. The van der Waals surface area contributed by atoms with Crippen molar-refractivity contribution in [2.45, 2.75) is 6.61 Å². The maximum Gasteiger partial charge on any atom is 0.387 e. The van der Waals surface area contributed by atoms with Crippen LogP contribution in [0.1, 0.15) is 10.4 Å². The standard InChI is InChI=1S/C22H19F3N2O4S/c1-27(32(2,29)30)19-12-9-15(14-7-10-16(23)11-8-14)13-18(19)26-21(28)17-5-3-4-6-20(17)31-22(24)25/h3-13,22H,1-2H3,(H,26,28). The van der Waals surface area contributed by atoms with Crippen LogP contribution in [0.3, 0.4) is 0 Å². The number of ether oxygens (including phenoxy) is 1. The Labute approximate surface area is 183 Å². The van der Waals surface area contributed by atoms with Gasteiger partial charge in [0, 0.05) is 7.05 Å². The summed E-state index contributed by atoms with van der Waals surface area (Å²) in [5.74, 6) is -1.53. The van der Waals surface area contributed by atoms with Crippen LogP contribution in [0.15, 0.2) is 66.7 Å². The molecule has 3 aromatic rings. The fourth-order valence-corrected chi connectivity index (χ4v) is 3.47. The van der Waals surface area contributed by atoms with Gasteiger partial charge in [-0.2, -0.15) is 8.78 Å². The number of hydrogen-bond acceptors (Lipinski definition) is 4. The van der Waals surface area contributed by atoms with Crippen molar-refractivity contribution >= 4 is 27.3 Å². The van der Waals surface area contributed by atoms with Gasteiger partial charge in [0.25, 0.3) is 5.91 Å². The van der Waals surface area contributed by atoms with Crippen molar-refractivity contribution in [1.82, 2.24) is 0 Å². The van der Waals surface area contributed by atoms with Crippen molar-refractivity contribution in [3.8, 4) is 16.9 Å². The highest BCUT2D eigenvalue weighted by Crippen LogP contribution is 2.33. The number of nitrogens with one attached hydrogen (secondary N) is 1. The molecule has 32 heavy (non-hydrogen) atoms. The number of benzene rings is 3. The first-order valence-corrected chi connectivity index (χ1v) is 11.1. The van der Waals surface area contributed by atoms with Gasteiger partial charge in [-0.1, -0.05) is 30.3 Å². The van der Waals surface area contributed by atoms with Gasteiger partial charge in [-0.3, -0.25) is 9.10 Å². The Kier molecular flexibility index (Phi) is 6.73. The summed E-state index contributed by atoms with van der Waals surface area (Å²) >= 11 is 0. The van der Waals surface area contributed by atoms with Crippen LogP contribution in [0.5, 0.6) is 5.75 Å². The van der Waals surface area contributed by atoms with Crippen molar-refractivity contribution < 1.29 is 31.1 Å². The van der Waals surface area contributed by atoms with Gasteiger partial charge in [-0.15, -0.1) is 0 Å². The highest BCUT2D eigenvalue weighted by atomic mass is 32.2. The van der Waals surface area contributed by atoms with E-state index in [-0.39, 0.29) is 22.7 Å². The SMILES string of the molecule is CN(c1ccc(-c2ccc(F)cc2)cc1NC(=O)c1ccccc1OC(F)F)S(C)(=O)=O. The molecule has 0 radical (unpaired) electrons. The van der Waals surface area contributed by atoms with E-state index in [1.165, 1.54) is 67.7 Å². The summed E-state index contributed by atoms with van der Waals surface area (Å²) in [6.07, 6.45) is 0.998. The van der Waals surface area contributed by atoms with Crippen LogP contribution in [0.4, 0.5) is 24.5 Å². The van der Waals surface area contributed by atoms with E-state index in [4.69, 9.17) is 0 Å². The monoisotopic (exact) mass is 464 g/mol. The molecule has 0 bridgehead atoms. The van der Waals surface area contributed by atoms with Gasteiger partial charge in [0.2, 0.25) is 10.0 Å². The fraction of sp³-hybridized carbons (Fsp3) is 0.136. The van der Waals surface area contributed by atoms with Crippen LogP contribution in [0, 0.1) is 5.82 Å². The van der Waals surface area contributed by atoms with E-state index < -0.39 is 28.4 Å². The molecule has 0 aliphatic carbocycles. The number of halogens is 3. The zero-order valence-electron chi connectivity index (χ0n) is 17.1. The quantitative estimate of drug-likeness (QED) is 0.548. The lowest BCUT2D eigenvalue weighted by atomic mass is 10.0. The summed E-state index contributed by atoms with van der Waals surface area (Å²) in [6.45, 7) is -3.13. The molecule has 1 amide bonds. The van der Waals surface area contributed by atoms with Crippen LogP contribution in [0.25, 0.3) is 11.1 Å². The normalized spacial score (nSPS) is 11.3. The Morgan fingerprint density at radius 2 is 1.62 bits per heavy atom. The molecule has 0 aliphatic heterocycles. The van der Waals surface area contributed by atoms with Crippen molar-refractivity contribution in [2.24, 2.45) is 0 Å².